The molecule has 0 atom stereocenters. The van der Waals surface area contributed by atoms with Gasteiger partial charge in [-0.05, 0) is 0 Å². The van der Waals surface area contributed by atoms with Gasteiger partial charge < -0.3 is 37.5 Å². The van der Waals surface area contributed by atoms with Crippen LogP contribution < -0.4 is 0 Å². The van der Waals surface area contributed by atoms with Gasteiger partial charge in [-0.2, -0.15) is 0 Å². The molecule has 0 aliphatic rings. The zero-order valence-electron chi connectivity index (χ0n) is 2.43. The molecule has 0 aliphatic heterocycles. The summed E-state index contributed by atoms with van der Waals surface area (Å²) in [7, 11) is 0. The molecule has 0 N–H and O–H groups in total. The summed E-state index contributed by atoms with van der Waals surface area (Å²) in [4.78, 5) is 0. The summed E-state index contributed by atoms with van der Waals surface area (Å²) in [6.07, 6.45) is 0. The van der Waals surface area contributed by atoms with Crippen LogP contribution in [0.15, 0.2) is 0 Å². The van der Waals surface area contributed by atoms with Crippen molar-refractivity contribution in [3.63, 3.8) is 0 Å². The molecular weight excluding hydrogens is 196 g/mol. The molecule has 0 aromatic carbocycles. The Morgan fingerprint density at radius 3 is 1.40 bits per heavy atom. The van der Waals surface area contributed by atoms with Gasteiger partial charge in [0.05, 0.1) is 0 Å². The third kappa shape index (κ3) is 23.9. The Kier molecular flexibility index (Phi) is 12.1. The molecule has 0 radical (unpaired) electrons. The summed E-state index contributed by atoms with van der Waals surface area (Å²) in [5, 5.41) is 0. The molecule has 0 aliphatic carbocycles. The van der Waals surface area contributed by atoms with Gasteiger partial charge >= 0.3 is 45.5 Å². The monoisotopic (exact) mass is 196 g/mol. The van der Waals surface area contributed by atoms with Gasteiger partial charge in [0.2, 0.25) is 0 Å². The maximum absolute atomic E-state index is 4.17. The Morgan fingerprint density at radius 1 is 1.40 bits per heavy atom. The van der Waals surface area contributed by atoms with Crippen LogP contribution in [0, 0.1) is 0 Å². The molecule has 0 aromatic heterocycles. The van der Waals surface area contributed by atoms with E-state index in [4.69, 9.17) is 0 Å². The topological polar surface area (TPSA) is 0 Å². The largest absolute Gasteiger partial charge is 2.00 e. The molecule has 4 heteroatoms. The maximum Gasteiger partial charge on any atom is 2.00 e. The molecule has 0 nitrogen and oxygen atoms in total. The molecule has 0 rings (SSSR count). The van der Waals surface area contributed by atoms with Crippen LogP contribution in [0.1, 0.15) is 0 Å². The Hall–Kier alpha value is 2.01. The minimum absolute atomic E-state index is 0. The van der Waals surface area contributed by atoms with Crippen molar-refractivity contribution in [3.05, 3.63) is 0 Å². The van der Waals surface area contributed by atoms with Gasteiger partial charge in [-0.1, -0.05) is 0 Å². The predicted molar refractivity (Wildman–Crippen MR) is 33.1 cm³/mol. The minimum Gasteiger partial charge on any atom is -0.570 e. The zero-order valence-corrected chi connectivity index (χ0v) is 8.36. The first-order valence-electron chi connectivity index (χ1n) is 0.612. The first kappa shape index (κ1) is 10.1. The second kappa shape index (κ2) is 6.01. The molecule has 0 aromatic rings. The van der Waals surface area contributed by atoms with Gasteiger partial charge in [0.1, 0.15) is 0 Å². The van der Waals surface area contributed by atoms with Crippen molar-refractivity contribution >= 4 is 86.5 Å². The molecule has 0 fully saturated rings. The van der Waals surface area contributed by atoms with Gasteiger partial charge in [0.15, 0.2) is 0 Å². The van der Waals surface area contributed by atoms with Crippen molar-refractivity contribution in [2.45, 2.75) is 0 Å². The minimum atomic E-state index is 0. The molecular formula is CS3Sr. The molecule has 0 spiro atoms. The van der Waals surface area contributed by atoms with Crippen molar-refractivity contribution in [1.82, 2.24) is 0 Å². The van der Waals surface area contributed by atoms with Crippen LogP contribution >= 0.6 is 12.2 Å². The van der Waals surface area contributed by atoms with Crippen molar-refractivity contribution in [2.24, 2.45) is 0 Å². The molecule has 0 unspecified atom stereocenters. The summed E-state index contributed by atoms with van der Waals surface area (Å²) in [5.74, 6) is 0. The Morgan fingerprint density at radius 2 is 1.40 bits per heavy atom. The molecule has 0 heterocycles. The number of thiocarbonyl (C=S) groups is 1. The standard InChI is InChI=1S/CH2S3.Sr/c2-1(3)4;/h(H2,2,3,4);/q;+2/p-2. The van der Waals surface area contributed by atoms with Crippen LogP contribution in [0.4, 0.5) is 0 Å². The second-order valence-corrected chi connectivity index (χ2v) is 2.25. The van der Waals surface area contributed by atoms with Gasteiger partial charge in [0, 0.05) is 0 Å². The molecule has 5 heavy (non-hydrogen) atoms. The molecule has 0 amide bonds. The van der Waals surface area contributed by atoms with Crippen molar-refractivity contribution in [1.29, 1.82) is 0 Å². The summed E-state index contributed by atoms with van der Waals surface area (Å²) in [6, 6.07) is 0. The van der Waals surface area contributed by atoms with E-state index in [2.05, 4.69) is 37.5 Å². The smallest absolute Gasteiger partial charge is 0.570 e. The number of hydrogen-bond donors (Lipinski definition) is 0. The molecule has 0 bridgehead atoms. The van der Waals surface area contributed by atoms with E-state index < -0.39 is 0 Å². The van der Waals surface area contributed by atoms with Crippen LogP contribution in [0.2, 0.25) is 0 Å². The third-order valence-electron chi connectivity index (χ3n) is 0. The fraction of sp³-hybridized carbons (Fsp3) is 0. The van der Waals surface area contributed by atoms with E-state index in [1.807, 2.05) is 0 Å². The quantitative estimate of drug-likeness (QED) is 0.303. The van der Waals surface area contributed by atoms with Gasteiger partial charge in [-0.15, -0.1) is 0 Å². The van der Waals surface area contributed by atoms with E-state index in [-0.39, 0.29) is 49.0 Å². The van der Waals surface area contributed by atoms with Crippen LogP contribution in [-0.2, 0) is 25.3 Å². The van der Waals surface area contributed by atoms with E-state index >= 15 is 0 Å². The maximum atomic E-state index is 4.17. The van der Waals surface area contributed by atoms with Crippen molar-refractivity contribution < 1.29 is 0 Å². The van der Waals surface area contributed by atoms with E-state index in [0.717, 1.165) is 0 Å². The van der Waals surface area contributed by atoms with E-state index in [9.17, 15) is 0 Å². The van der Waals surface area contributed by atoms with E-state index in [1.54, 1.807) is 0 Å². The van der Waals surface area contributed by atoms with Gasteiger partial charge in [-0.25, -0.2) is 0 Å². The Bertz CT molecular complexity index is 29.9. The van der Waals surface area contributed by atoms with Gasteiger partial charge in [0.25, 0.3) is 0 Å². The van der Waals surface area contributed by atoms with Crippen molar-refractivity contribution in [3.8, 4) is 0 Å². The van der Waals surface area contributed by atoms with Crippen LogP contribution in [0.25, 0.3) is 0 Å². The average molecular weight is 196 g/mol. The fourth-order valence-electron chi connectivity index (χ4n) is 0. The summed E-state index contributed by atoms with van der Waals surface area (Å²) in [5.41, 5.74) is 0. The predicted octanol–water partition coefficient (Wildman–Crippen LogP) is -0.0157. The SMILES string of the molecule is S=C([S-])[S-].[Sr+2]. The van der Waals surface area contributed by atoms with E-state index in [0.29, 0.717) is 0 Å². The summed E-state index contributed by atoms with van der Waals surface area (Å²) < 4.78 is 0.167. The molecule has 0 saturated carbocycles. The summed E-state index contributed by atoms with van der Waals surface area (Å²) >= 11 is 12.5. The third-order valence-corrected chi connectivity index (χ3v) is 0. The first-order valence-corrected chi connectivity index (χ1v) is 1.84. The second-order valence-electron chi connectivity index (χ2n) is 0.250. The van der Waals surface area contributed by atoms with E-state index in [1.165, 1.54) is 0 Å². The normalized spacial score (nSPS) is 4.80. The van der Waals surface area contributed by atoms with Gasteiger partial charge in [-0.3, -0.25) is 3.53 Å². The zero-order chi connectivity index (χ0) is 3.58. The first-order chi connectivity index (χ1) is 1.73. The number of rotatable bonds is 0. The average Bonchev–Trinajstić information content (AvgIpc) is 0.811. The molecule has 24 valence electrons. The Balaban J connectivity index is 0. The Labute approximate surface area is 84.8 Å². The summed E-state index contributed by atoms with van der Waals surface area (Å²) in [6.45, 7) is 0. The van der Waals surface area contributed by atoms with Crippen molar-refractivity contribution in [2.75, 3.05) is 0 Å². The number of hydrogen-bond acceptors (Lipinski definition) is 3. The van der Waals surface area contributed by atoms with Crippen LogP contribution in [0.5, 0.6) is 0 Å². The molecule has 0 saturated heterocycles. The van der Waals surface area contributed by atoms with Crippen LogP contribution in [-0.4, -0.2) is 49.0 Å². The fourth-order valence-corrected chi connectivity index (χ4v) is 0. The van der Waals surface area contributed by atoms with Crippen LogP contribution in [0.3, 0.4) is 0 Å².